The fraction of sp³-hybridized carbons (Fsp3) is 0.417. The normalized spacial score (nSPS) is 10.0. The molecule has 0 atom stereocenters. The Bertz CT molecular complexity index is 377. The quantitative estimate of drug-likeness (QED) is 0.830. The van der Waals surface area contributed by atoms with Crippen LogP contribution in [0.25, 0.3) is 0 Å². The second-order valence-electron chi connectivity index (χ2n) is 3.63. The van der Waals surface area contributed by atoms with E-state index >= 15 is 0 Å². The van der Waals surface area contributed by atoms with Gasteiger partial charge in [-0.05, 0) is 24.6 Å². The van der Waals surface area contributed by atoms with Crippen LogP contribution in [0.15, 0.2) is 18.2 Å². The molecule has 0 aliphatic heterocycles. The van der Waals surface area contributed by atoms with Crippen molar-refractivity contribution in [1.82, 2.24) is 4.90 Å². The van der Waals surface area contributed by atoms with Crippen molar-refractivity contribution in [2.75, 3.05) is 27.3 Å². The minimum absolute atomic E-state index is 0.0365. The highest BCUT2D eigenvalue weighted by atomic mass is 16.5. The van der Waals surface area contributed by atoms with E-state index in [4.69, 9.17) is 9.84 Å². The Hall–Kier alpha value is -1.55. The summed E-state index contributed by atoms with van der Waals surface area (Å²) in [5.41, 5.74) is 1.56. The molecule has 0 saturated carbocycles. The van der Waals surface area contributed by atoms with E-state index in [0.717, 1.165) is 5.56 Å². The fourth-order valence-corrected chi connectivity index (χ4v) is 1.42. The Morgan fingerprint density at radius 2 is 2.19 bits per heavy atom. The zero-order valence-corrected chi connectivity index (χ0v) is 9.86. The Balaban J connectivity index is 2.92. The number of benzene rings is 1. The number of hydrogen-bond donors (Lipinski definition) is 1. The number of ether oxygens (including phenoxy) is 1. The van der Waals surface area contributed by atoms with E-state index in [0.29, 0.717) is 17.9 Å². The van der Waals surface area contributed by atoms with Crippen LogP contribution in [-0.4, -0.2) is 43.2 Å². The number of aryl methyl sites for hydroxylation is 1. The summed E-state index contributed by atoms with van der Waals surface area (Å²) in [5, 5.41) is 8.76. The third kappa shape index (κ3) is 2.73. The Morgan fingerprint density at radius 3 is 2.75 bits per heavy atom. The number of carbonyl (C=O) groups excluding carboxylic acids is 1. The number of likely N-dealkylation sites (N-methyl/N-ethyl adjacent to an activating group) is 1. The van der Waals surface area contributed by atoms with Crippen LogP contribution in [-0.2, 0) is 0 Å². The maximum atomic E-state index is 11.9. The summed E-state index contributed by atoms with van der Waals surface area (Å²) in [6.45, 7) is 2.21. The first-order chi connectivity index (χ1) is 7.60. The topological polar surface area (TPSA) is 49.8 Å². The smallest absolute Gasteiger partial charge is 0.253 e. The molecule has 88 valence electrons. The molecule has 0 radical (unpaired) electrons. The summed E-state index contributed by atoms with van der Waals surface area (Å²) in [6, 6.07) is 5.32. The van der Waals surface area contributed by atoms with Crippen molar-refractivity contribution < 1.29 is 14.6 Å². The average Bonchev–Trinajstić information content (AvgIpc) is 2.29. The van der Waals surface area contributed by atoms with E-state index in [9.17, 15) is 4.79 Å². The number of aliphatic hydroxyl groups is 1. The molecule has 1 amide bonds. The van der Waals surface area contributed by atoms with Crippen LogP contribution >= 0.6 is 0 Å². The van der Waals surface area contributed by atoms with Crippen LogP contribution < -0.4 is 4.74 Å². The SMILES string of the molecule is COc1cc(C(=O)N(C)CCO)ccc1C. The largest absolute Gasteiger partial charge is 0.496 e. The van der Waals surface area contributed by atoms with Gasteiger partial charge in [-0.1, -0.05) is 6.07 Å². The van der Waals surface area contributed by atoms with E-state index < -0.39 is 0 Å². The summed E-state index contributed by atoms with van der Waals surface area (Å²) in [7, 11) is 3.24. The molecule has 1 N–H and O–H groups in total. The van der Waals surface area contributed by atoms with Gasteiger partial charge in [0.25, 0.3) is 5.91 Å². The van der Waals surface area contributed by atoms with Crippen LogP contribution in [0.2, 0.25) is 0 Å². The molecule has 1 aromatic rings. The minimum Gasteiger partial charge on any atom is -0.496 e. The Labute approximate surface area is 95.5 Å². The summed E-state index contributed by atoms with van der Waals surface area (Å²) >= 11 is 0. The molecular formula is C12H17NO3. The van der Waals surface area contributed by atoms with Crippen LogP contribution in [0, 0.1) is 6.92 Å². The monoisotopic (exact) mass is 223 g/mol. The van der Waals surface area contributed by atoms with Gasteiger partial charge in [0.1, 0.15) is 5.75 Å². The highest BCUT2D eigenvalue weighted by Crippen LogP contribution is 2.19. The van der Waals surface area contributed by atoms with Crippen molar-refractivity contribution in [3.63, 3.8) is 0 Å². The van der Waals surface area contributed by atoms with Gasteiger partial charge in [-0.25, -0.2) is 0 Å². The zero-order valence-electron chi connectivity index (χ0n) is 9.86. The highest BCUT2D eigenvalue weighted by Gasteiger charge is 2.12. The number of hydrogen-bond acceptors (Lipinski definition) is 3. The predicted octanol–water partition coefficient (Wildman–Crippen LogP) is 1.07. The lowest BCUT2D eigenvalue weighted by molar-refractivity contribution is 0.0766. The molecule has 0 saturated heterocycles. The van der Waals surface area contributed by atoms with Crippen molar-refractivity contribution >= 4 is 5.91 Å². The van der Waals surface area contributed by atoms with Gasteiger partial charge in [0.15, 0.2) is 0 Å². The van der Waals surface area contributed by atoms with Gasteiger partial charge < -0.3 is 14.7 Å². The zero-order chi connectivity index (χ0) is 12.1. The number of amides is 1. The first-order valence-corrected chi connectivity index (χ1v) is 5.11. The second kappa shape index (κ2) is 5.51. The van der Waals surface area contributed by atoms with E-state index in [2.05, 4.69) is 0 Å². The van der Waals surface area contributed by atoms with Gasteiger partial charge in [0.05, 0.1) is 13.7 Å². The molecule has 4 nitrogen and oxygen atoms in total. The molecule has 0 unspecified atom stereocenters. The van der Waals surface area contributed by atoms with Crippen LogP contribution in [0.1, 0.15) is 15.9 Å². The maximum absolute atomic E-state index is 11.9. The average molecular weight is 223 g/mol. The lowest BCUT2D eigenvalue weighted by Crippen LogP contribution is -2.29. The van der Waals surface area contributed by atoms with Gasteiger partial charge in [0, 0.05) is 19.2 Å². The van der Waals surface area contributed by atoms with Crippen LogP contribution in [0.4, 0.5) is 0 Å². The lowest BCUT2D eigenvalue weighted by atomic mass is 10.1. The van der Waals surface area contributed by atoms with Gasteiger partial charge >= 0.3 is 0 Å². The first-order valence-electron chi connectivity index (χ1n) is 5.11. The molecule has 0 aliphatic rings. The Morgan fingerprint density at radius 1 is 1.50 bits per heavy atom. The summed E-state index contributed by atoms with van der Waals surface area (Å²) in [5.74, 6) is 0.579. The number of aliphatic hydroxyl groups excluding tert-OH is 1. The van der Waals surface area contributed by atoms with Crippen molar-refractivity contribution in [1.29, 1.82) is 0 Å². The molecular weight excluding hydrogens is 206 g/mol. The van der Waals surface area contributed by atoms with Crippen molar-refractivity contribution in [3.05, 3.63) is 29.3 Å². The third-order valence-electron chi connectivity index (χ3n) is 2.44. The number of methoxy groups -OCH3 is 1. The summed E-state index contributed by atoms with van der Waals surface area (Å²) in [4.78, 5) is 13.3. The van der Waals surface area contributed by atoms with Gasteiger partial charge in [0.2, 0.25) is 0 Å². The van der Waals surface area contributed by atoms with E-state index in [1.165, 1.54) is 4.90 Å². The molecule has 0 spiro atoms. The number of carbonyl (C=O) groups is 1. The van der Waals surface area contributed by atoms with Crippen LogP contribution in [0.5, 0.6) is 5.75 Å². The Kier molecular flexibility index (Phi) is 4.31. The highest BCUT2D eigenvalue weighted by molar-refractivity contribution is 5.94. The maximum Gasteiger partial charge on any atom is 0.253 e. The van der Waals surface area contributed by atoms with E-state index in [1.54, 1.807) is 26.3 Å². The van der Waals surface area contributed by atoms with Gasteiger partial charge in [-0.2, -0.15) is 0 Å². The van der Waals surface area contributed by atoms with Gasteiger partial charge in [-0.3, -0.25) is 4.79 Å². The second-order valence-corrected chi connectivity index (χ2v) is 3.63. The lowest BCUT2D eigenvalue weighted by Gasteiger charge is -2.16. The van der Waals surface area contributed by atoms with Crippen molar-refractivity contribution in [2.24, 2.45) is 0 Å². The van der Waals surface area contributed by atoms with E-state index in [1.807, 2.05) is 13.0 Å². The fourth-order valence-electron chi connectivity index (χ4n) is 1.42. The number of rotatable bonds is 4. The van der Waals surface area contributed by atoms with Gasteiger partial charge in [-0.15, -0.1) is 0 Å². The summed E-state index contributed by atoms with van der Waals surface area (Å²) in [6.07, 6.45) is 0. The predicted molar refractivity (Wildman–Crippen MR) is 61.8 cm³/mol. The molecule has 1 rings (SSSR count). The minimum atomic E-state index is -0.118. The standard InChI is InChI=1S/C12H17NO3/c1-9-4-5-10(8-11(9)16-3)12(15)13(2)6-7-14/h4-5,8,14H,6-7H2,1-3H3. The van der Waals surface area contributed by atoms with Crippen molar-refractivity contribution in [2.45, 2.75) is 6.92 Å². The van der Waals surface area contributed by atoms with Crippen molar-refractivity contribution in [3.8, 4) is 5.75 Å². The molecule has 0 heterocycles. The molecule has 0 aromatic heterocycles. The number of nitrogens with zero attached hydrogens (tertiary/aromatic N) is 1. The van der Waals surface area contributed by atoms with E-state index in [-0.39, 0.29) is 12.5 Å². The molecule has 0 fully saturated rings. The molecule has 1 aromatic carbocycles. The molecule has 4 heteroatoms. The molecule has 16 heavy (non-hydrogen) atoms. The first kappa shape index (κ1) is 12.5. The molecule has 0 aliphatic carbocycles. The summed E-state index contributed by atoms with van der Waals surface area (Å²) < 4.78 is 5.16. The van der Waals surface area contributed by atoms with Crippen LogP contribution in [0.3, 0.4) is 0 Å². The third-order valence-corrected chi connectivity index (χ3v) is 2.44. The molecule has 0 bridgehead atoms.